The van der Waals surface area contributed by atoms with Gasteiger partial charge in [0.15, 0.2) is 0 Å². The molecule has 2 rings (SSSR count). The molecule has 1 fully saturated rings. The molecule has 0 spiro atoms. The highest BCUT2D eigenvalue weighted by Gasteiger charge is 2.24. The van der Waals surface area contributed by atoms with E-state index in [-0.39, 0.29) is 11.5 Å². The number of nitrogens with zero attached hydrogens (tertiary/aromatic N) is 2. The van der Waals surface area contributed by atoms with Crippen molar-refractivity contribution in [3.63, 3.8) is 0 Å². The van der Waals surface area contributed by atoms with Gasteiger partial charge in [-0.1, -0.05) is 20.8 Å². The molecule has 0 bridgehead atoms. The summed E-state index contributed by atoms with van der Waals surface area (Å²) in [5.41, 5.74) is 5.80. The zero-order chi connectivity index (χ0) is 18.6. The molecule has 1 heterocycles. The first-order chi connectivity index (χ1) is 11.7. The average molecular weight is 349 g/mol. The van der Waals surface area contributed by atoms with Crippen LogP contribution >= 0.6 is 0 Å². The molecule has 25 heavy (non-hydrogen) atoms. The lowest BCUT2D eigenvalue weighted by atomic mass is 9.88. The first kappa shape index (κ1) is 19.4. The van der Waals surface area contributed by atoms with Crippen LogP contribution in [0.3, 0.4) is 0 Å². The summed E-state index contributed by atoms with van der Waals surface area (Å²) in [6, 6.07) is 0.434. The Morgan fingerprint density at radius 1 is 1.32 bits per heavy atom. The zero-order valence-corrected chi connectivity index (χ0v) is 15.9. The first-order valence-electron chi connectivity index (χ1n) is 8.93. The van der Waals surface area contributed by atoms with Crippen LogP contribution in [0.15, 0.2) is 6.20 Å². The number of aromatic nitrogens is 2. The third-order valence-electron chi connectivity index (χ3n) is 5.05. The Kier molecular flexibility index (Phi) is 6.21. The van der Waals surface area contributed by atoms with Gasteiger partial charge in [0, 0.05) is 25.4 Å². The van der Waals surface area contributed by atoms with Gasteiger partial charge >= 0.3 is 0 Å². The smallest absolute Gasteiger partial charge is 0.254 e. The van der Waals surface area contributed by atoms with E-state index in [4.69, 9.17) is 10.5 Å². The summed E-state index contributed by atoms with van der Waals surface area (Å²) < 4.78 is 5.41. The number of hydrogen-bond donors (Lipinski definition) is 3. The minimum Gasteiger partial charge on any atom is -0.381 e. The number of ether oxygens (including phenoxy) is 1. The lowest BCUT2D eigenvalue weighted by Crippen LogP contribution is -2.33. The lowest BCUT2D eigenvalue weighted by Gasteiger charge is -2.30. The molecule has 1 atom stereocenters. The van der Waals surface area contributed by atoms with E-state index in [1.165, 1.54) is 6.20 Å². The quantitative estimate of drug-likeness (QED) is 0.730. The van der Waals surface area contributed by atoms with Gasteiger partial charge in [-0.2, -0.15) is 4.98 Å². The van der Waals surface area contributed by atoms with Crippen LogP contribution in [-0.4, -0.2) is 41.2 Å². The largest absolute Gasteiger partial charge is 0.381 e. The Balaban J connectivity index is 2.12. The fourth-order valence-corrected chi connectivity index (χ4v) is 2.79. The van der Waals surface area contributed by atoms with Gasteiger partial charge in [-0.15, -0.1) is 0 Å². The molecule has 140 valence electrons. The van der Waals surface area contributed by atoms with Gasteiger partial charge in [0.25, 0.3) is 5.91 Å². The molecule has 0 saturated heterocycles. The Hall–Kier alpha value is -1.89. The number of carbonyl (C=O) groups is 1. The SMILES string of the molecule is CO[C@H]1CC[C@H](Nc2ncc(C(N)=O)c(N[C@H](C)C(C)(C)C)n2)CC1. The van der Waals surface area contributed by atoms with Crippen LogP contribution in [0.1, 0.15) is 63.7 Å². The van der Waals surface area contributed by atoms with Crippen molar-refractivity contribution in [1.29, 1.82) is 0 Å². The van der Waals surface area contributed by atoms with Gasteiger partial charge in [0.05, 0.1) is 11.7 Å². The van der Waals surface area contributed by atoms with Gasteiger partial charge in [0.2, 0.25) is 5.95 Å². The molecule has 1 aromatic rings. The van der Waals surface area contributed by atoms with E-state index in [0.29, 0.717) is 29.5 Å². The van der Waals surface area contributed by atoms with Crippen LogP contribution in [0, 0.1) is 5.41 Å². The highest BCUT2D eigenvalue weighted by molar-refractivity contribution is 5.97. The van der Waals surface area contributed by atoms with Crippen molar-refractivity contribution in [2.45, 2.75) is 71.6 Å². The van der Waals surface area contributed by atoms with Gasteiger partial charge in [-0.3, -0.25) is 4.79 Å². The molecule has 0 radical (unpaired) electrons. The molecule has 0 unspecified atom stereocenters. The Morgan fingerprint density at radius 3 is 2.48 bits per heavy atom. The second-order valence-electron chi connectivity index (χ2n) is 7.91. The van der Waals surface area contributed by atoms with Crippen LogP contribution in [-0.2, 0) is 4.74 Å². The molecule has 4 N–H and O–H groups in total. The first-order valence-corrected chi connectivity index (χ1v) is 8.93. The topological polar surface area (TPSA) is 102 Å². The van der Waals surface area contributed by atoms with E-state index in [0.717, 1.165) is 25.7 Å². The number of amides is 1. The van der Waals surface area contributed by atoms with Crippen molar-refractivity contribution >= 4 is 17.7 Å². The number of anilines is 2. The summed E-state index contributed by atoms with van der Waals surface area (Å²) in [4.78, 5) is 20.5. The van der Waals surface area contributed by atoms with Gasteiger partial charge in [0.1, 0.15) is 5.82 Å². The number of methoxy groups -OCH3 is 1. The summed E-state index contributed by atoms with van der Waals surface area (Å²) in [6.07, 6.45) is 5.93. The van der Waals surface area contributed by atoms with E-state index in [1.807, 2.05) is 0 Å². The fourth-order valence-electron chi connectivity index (χ4n) is 2.79. The van der Waals surface area contributed by atoms with Crippen molar-refractivity contribution < 1.29 is 9.53 Å². The second kappa shape index (κ2) is 7.99. The maximum absolute atomic E-state index is 11.7. The van der Waals surface area contributed by atoms with Crippen LogP contribution < -0.4 is 16.4 Å². The number of nitrogens with two attached hydrogens (primary N) is 1. The van der Waals surface area contributed by atoms with Crippen LogP contribution in [0.4, 0.5) is 11.8 Å². The number of carbonyl (C=O) groups excluding carboxylic acids is 1. The van der Waals surface area contributed by atoms with E-state index < -0.39 is 5.91 Å². The molecule has 1 aliphatic rings. The third kappa shape index (κ3) is 5.29. The number of rotatable bonds is 6. The van der Waals surface area contributed by atoms with E-state index in [1.54, 1.807) is 7.11 Å². The predicted octanol–water partition coefficient (Wildman–Crippen LogP) is 2.79. The monoisotopic (exact) mass is 349 g/mol. The molecule has 1 amide bonds. The van der Waals surface area contributed by atoms with Gasteiger partial charge in [-0.05, 0) is 38.0 Å². The number of hydrogen-bond acceptors (Lipinski definition) is 6. The van der Waals surface area contributed by atoms with Crippen molar-refractivity contribution in [2.24, 2.45) is 11.1 Å². The average Bonchev–Trinajstić information content (AvgIpc) is 2.54. The second-order valence-corrected chi connectivity index (χ2v) is 7.91. The van der Waals surface area contributed by atoms with Gasteiger partial charge in [-0.25, -0.2) is 4.98 Å². The standard InChI is InChI=1S/C18H31N5O2/c1-11(18(2,3)4)21-16-14(15(19)24)10-20-17(23-16)22-12-6-8-13(25-5)9-7-12/h10-13H,6-9H2,1-5H3,(H2,19,24)(H2,20,21,22,23)/t11-,12-,13-/m1/s1. The third-order valence-corrected chi connectivity index (χ3v) is 5.05. The molecule has 1 saturated carbocycles. The number of nitrogens with one attached hydrogen (secondary N) is 2. The summed E-state index contributed by atoms with van der Waals surface area (Å²) in [5.74, 6) is 0.475. The summed E-state index contributed by atoms with van der Waals surface area (Å²) in [6.45, 7) is 8.45. The molecule has 7 heteroatoms. The highest BCUT2D eigenvalue weighted by atomic mass is 16.5. The maximum Gasteiger partial charge on any atom is 0.254 e. The maximum atomic E-state index is 11.7. The molecular formula is C18H31N5O2. The van der Waals surface area contributed by atoms with Crippen molar-refractivity contribution in [3.8, 4) is 0 Å². The van der Waals surface area contributed by atoms with Crippen LogP contribution in [0.25, 0.3) is 0 Å². The Bertz CT molecular complexity index is 592. The minimum atomic E-state index is -0.532. The number of primary amides is 1. The van der Waals surface area contributed by atoms with Crippen LogP contribution in [0.5, 0.6) is 0 Å². The Labute approximate surface area is 150 Å². The van der Waals surface area contributed by atoms with E-state index in [2.05, 4.69) is 48.3 Å². The minimum absolute atomic E-state index is 0.0198. The van der Waals surface area contributed by atoms with Crippen molar-refractivity contribution in [2.75, 3.05) is 17.7 Å². The zero-order valence-electron chi connectivity index (χ0n) is 15.9. The van der Waals surface area contributed by atoms with Crippen molar-refractivity contribution in [1.82, 2.24) is 9.97 Å². The van der Waals surface area contributed by atoms with Crippen molar-refractivity contribution in [3.05, 3.63) is 11.8 Å². The highest BCUT2D eigenvalue weighted by Crippen LogP contribution is 2.26. The molecule has 0 aliphatic heterocycles. The summed E-state index contributed by atoms with van der Waals surface area (Å²) in [7, 11) is 1.76. The predicted molar refractivity (Wildman–Crippen MR) is 99.8 cm³/mol. The normalized spacial score (nSPS) is 22.3. The summed E-state index contributed by atoms with van der Waals surface area (Å²) in [5, 5.41) is 6.69. The van der Waals surface area contributed by atoms with Gasteiger partial charge < -0.3 is 21.1 Å². The molecule has 1 aromatic heterocycles. The molecule has 0 aromatic carbocycles. The lowest BCUT2D eigenvalue weighted by molar-refractivity contribution is 0.0681. The van der Waals surface area contributed by atoms with E-state index >= 15 is 0 Å². The molecular weight excluding hydrogens is 318 g/mol. The van der Waals surface area contributed by atoms with Crippen LogP contribution in [0.2, 0.25) is 0 Å². The molecule has 7 nitrogen and oxygen atoms in total. The summed E-state index contributed by atoms with van der Waals surface area (Å²) >= 11 is 0. The Morgan fingerprint density at radius 2 is 1.96 bits per heavy atom. The van der Waals surface area contributed by atoms with E-state index in [9.17, 15) is 4.79 Å². The molecule has 1 aliphatic carbocycles. The fraction of sp³-hybridized carbons (Fsp3) is 0.722.